The van der Waals surface area contributed by atoms with E-state index in [9.17, 15) is 9.90 Å². The Morgan fingerprint density at radius 2 is 1.76 bits per heavy atom. The summed E-state index contributed by atoms with van der Waals surface area (Å²) >= 11 is 1.65. The number of unbranched alkanes of at least 4 members (excludes halogenated alkanes) is 1. The van der Waals surface area contributed by atoms with Crippen LogP contribution in [-0.4, -0.2) is 22.9 Å². The van der Waals surface area contributed by atoms with Crippen molar-refractivity contribution in [2.45, 2.75) is 48.7 Å². The number of carboxylic acid groups (broad SMARTS) is 1. The first-order valence-corrected chi connectivity index (χ1v) is 9.41. The molecule has 2 aromatic rings. The molecule has 0 aliphatic carbocycles. The number of thioether (sulfide) groups is 1. The van der Waals surface area contributed by atoms with Crippen molar-refractivity contribution >= 4 is 17.7 Å². The van der Waals surface area contributed by atoms with E-state index >= 15 is 0 Å². The monoisotopic (exact) mass is 358 g/mol. The number of hydrogen-bond acceptors (Lipinski definition) is 3. The zero-order valence-electron chi connectivity index (χ0n) is 14.9. The van der Waals surface area contributed by atoms with Crippen LogP contribution < -0.4 is 4.74 Å². The highest BCUT2D eigenvalue weighted by molar-refractivity contribution is 8.00. The van der Waals surface area contributed by atoms with E-state index in [2.05, 4.69) is 31.2 Å². The molecule has 0 fully saturated rings. The lowest BCUT2D eigenvalue weighted by atomic mass is 9.97. The van der Waals surface area contributed by atoms with Gasteiger partial charge in [0.15, 0.2) is 0 Å². The molecule has 134 valence electrons. The molecule has 1 atom stereocenters. The first kappa shape index (κ1) is 19.4. The largest absolute Gasteiger partial charge is 0.497 e. The minimum absolute atomic E-state index is 0.162. The predicted octanol–water partition coefficient (Wildman–Crippen LogP) is 5.43. The van der Waals surface area contributed by atoms with Crippen LogP contribution >= 0.6 is 11.8 Å². The highest BCUT2D eigenvalue weighted by atomic mass is 32.2. The first-order valence-electron chi connectivity index (χ1n) is 8.59. The molecule has 25 heavy (non-hydrogen) atoms. The van der Waals surface area contributed by atoms with Gasteiger partial charge in [0.2, 0.25) is 0 Å². The van der Waals surface area contributed by atoms with Gasteiger partial charge in [-0.3, -0.25) is 4.79 Å². The highest BCUT2D eigenvalue weighted by Gasteiger charge is 2.28. The fraction of sp³-hybridized carbons (Fsp3) is 0.381. The third-order valence-electron chi connectivity index (χ3n) is 4.21. The van der Waals surface area contributed by atoms with Gasteiger partial charge in [-0.15, -0.1) is 11.8 Å². The number of carboxylic acids is 1. The number of methoxy groups -OCH3 is 1. The summed E-state index contributed by atoms with van der Waals surface area (Å²) < 4.78 is 4.87. The molecule has 0 amide bonds. The van der Waals surface area contributed by atoms with E-state index in [0.717, 1.165) is 36.3 Å². The van der Waals surface area contributed by atoms with Crippen LogP contribution in [0.1, 0.15) is 38.2 Å². The minimum Gasteiger partial charge on any atom is -0.497 e. The van der Waals surface area contributed by atoms with Crippen LogP contribution in [0.25, 0.3) is 0 Å². The summed E-state index contributed by atoms with van der Waals surface area (Å²) in [6, 6.07) is 18.2. The number of hydrogen-bond donors (Lipinski definition) is 1. The molecule has 3 nitrogen and oxygen atoms in total. The van der Waals surface area contributed by atoms with Crippen molar-refractivity contribution in [3.8, 4) is 5.75 Å². The molecule has 2 aromatic carbocycles. The molecule has 4 heteroatoms. The van der Waals surface area contributed by atoms with Crippen LogP contribution in [-0.2, 0) is 11.2 Å². The average molecular weight is 359 g/mol. The van der Waals surface area contributed by atoms with E-state index in [1.54, 1.807) is 18.9 Å². The number of rotatable bonds is 10. The number of aliphatic carboxylic acids is 1. The topological polar surface area (TPSA) is 46.5 Å². The van der Waals surface area contributed by atoms with E-state index in [4.69, 9.17) is 4.74 Å². The number of ether oxygens (including phenoxy) is 1. The maximum Gasteiger partial charge on any atom is 0.304 e. The van der Waals surface area contributed by atoms with Crippen molar-refractivity contribution in [2.75, 3.05) is 7.11 Å². The third kappa shape index (κ3) is 6.83. The van der Waals surface area contributed by atoms with Crippen LogP contribution in [0.3, 0.4) is 0 Å². The Hall–Kier alpha value is -1.94. The average Bonchev–Trinajstić information content (AvgIpc) is 2.60. The van der Waals surface area contributed by atoms with E-state index in [0.29, 0.717) is 0 Å². The molecule has 2 rings (SSSR count). The summed E-state index contributed by atoms with van der Waals surface area (Å²) in [5.74, 6) is 0.0683. The summed E-state index contributed by atoms with van der Waals surface area (Å²) in [6.45, 7) is 2.05. The third-order valence-corrected chi connectivity index (χ3v) is 5.56. The quantitative estimate of drug-likeness (QED) is 0.454. The second-order valence-electron chi connectivity index (χ2n) is 6.49. The van der Waals surface area contributed by atoms with Gasteiger partial charge < -0.3 is 9.84 Å². The molecular weight excluding hydrogens is 332 g/mol. The SMILES string of the molecule is COc1ccc(SC(C)(CCCCc2ccccc2)CC(=O)O)cc1. The molecule has 1 unspecified atom stereocenters. The summed E-state index contributed by atoms with van der Waals surface area (Å²) in [5, 5.41) is 9.31. The molecule has 0 saturated heterocycles. The Morgan fingerprint density at radius 1 is 1.08 bits per heavy atom. The number of carbonyl (C=O) groups is 1. The van der Waals surface area contributed by atoms with Gasteiger partial charge in [0.25, 0.3) is 0 Å². The summed E-state index contributed by atoms with van der Waals surface area (Å²) in [5.41, 5.74) is 1.34. The van der Waals surface area contributed by atoms with Gasteiger partial charge in [0.05, 0.1) is 13.5 Å². The van der Waals surface area contributed by atoms with Gasteiger partial charge >= 0.3 is 5.97 Å². The maximum atomic E-state index is 11.3. The second kappa shape index (κ2) is 9.52. The number of aryl methyl sites for hydroxylation is 1. The fourth-order valence-electron chi connectivity index (χ4n) is 2.90. The smallest absolute Gasteiger partial charge is 0.304 e. The van der Waals surface area contributed by atoms with E-state index in [-0.39, 0.29) is 11.2 Å². The normalized spacial score (nSPS) is 13.2. The maximum absolute atomic E-state index is 11.3. The van der Waals surface area contributed by atoms with E-state index in [1.807, 2.05) is 30.3 Å². The van der Waals surface area contributed by atoms with Crippen molar-refractivity contribution in [1.82, 2.24) is 0 Å². The van der Waals surface area contributed by atoms with Gasteiger partial charge in [-0.05, 0) is 56.0 Å². The van der Waals surface area contributed by atoms with Crippen LogP contribution in [0.5, 0.6) is 5.75 Å². The lowest BCUT2D eigenvalue weighted by molar-refractivity contribution is -0.137. The summed E-state index contributed by atoms with van der Waals surface area (Å²) in [7, 11) is 1.64. The summed E-state index contributed by atoms with van der Waals surface area (Å²) in [6.07, 6.45) is 4.17. The predicted molar refractivity (Wildman–Crippen MR) is 104 cm³/mol. The van der Waals surface area contributed by atoms with Crippen molar-refractivity contribution in [2.24, 2.45) is 0 Å². The Bertz CT molecular complexity index is 655. The van der Waals surface area contributed by atoms with Gasteiger partial charge in [-0.2, -0.15) is 0 Å². The molecule has 0 bridgehead atoms. The van der Waals surface area contributed by atoms with Crippen LogP contribution in [0.15, 0.2) is 59.5 Å². The molecule has 0 heterocycles. The van der Waals surface area contributed by atoms with Gasteiger partial charge in [0, 0.05) is 9.64 Å². The van der Waals surface area contributed by atoms with Crippen LogP contribution in [0.2, 0.25) is 0 Å². The zero-order chi connectivity index (χ0) is 18.1. The van der Waals surface area contributed by atoms with Crippen LogP contribution in [0.4, 0.5) is 0 Å². The second-order valence-corrected chi connectivity index (χ2v) is 8.15. The molecule has 0 aliphatic heterocycles. The van der Waals surface area contributed by atoms with Crippen molar-refractivity contribution in [1.29, 1.82) is 0 Å². The van der Waals surface area contributed by atoms with Gasteiger partial charge in [-0.1, -0.05) is 36.8 Å². The van der Waals surface area contributed by atoms with Crippen LogP contribution in [0, 0.1) is 0 Å². The lowest BCUT2D eigenvalue weighted by Gasteiger charge is -2.27. The molecule has 1 N–H and O–H groups in total. The highest BCUT2D eigenvalue weighted by Crippen LogP contribution is 2.40. The molecular formula is C21H26O3S. The Labute approximate surface area is 154 Å². The molecule has 0 spiro atoms. The van der Waals surface area contributed by atoms with Crippen molar-refractivity contribution in [3.05, 3.63) is 60.2 Å². The first-order chi connectivity index (χ1) is 12.0. The lowest BCUT2D eigenvalue weighted by Crippen LogP contribution is -2.24. The number of benzene rings is 2. The molecule has 0 aliphatic rings. The molecule has 0 saturated carbocycles. The minimum atomic E-state index is -0.744. The molecule has 0 radical (unpaired) electrons. The van der Waals surface area contributed by atoms with Crippen molar-refractivity contribution < 1.29 is 14.6 Å². The fourth-order valence-corrected chi connectivity index (χ4v) is 4.18. The van der Waals surface area contributed by atoms with Crippen molar-refractivity contribution in [3.63, 3.8) is 0 Å². The standard InChI is InChI=1S/C21H26O3S/c1-21(16-20(22)23,25-19-13-11-18(24-2)12-14-19)15-7-6-10-17-8-4-3-5-9-17/h3-5,8-9,11-14H,6-7,10,15-16H2,1-2H3,(H,22,23). The summed E-state index contributed by atoms with van der Waals surface area (Å²) in [4.78, 5) is 12.4. The zero-order valence-corrected chi connectivity index (χ0v) is 15.7. The molecule has 0 aromatic heterocycles. The van der Waals surface area contributed by atoms with Gasteiger partial charge in [-0.25, -0.2) is 0 Å². The van der Waals surface area contributed by atoms with Gasteiger partial charge in [0.1, 0.15) is 5.75 Å². The van der Waals surface area contributed by atoms with E-state index < -0.39 is 5.97 Å². The Morgan fingerprint density at radius 3 is 2.36 bits per heavy atom. The Kier molecular flexibility index (Phi) is 7.38. The van der Waals surface area contributed by atoms with E-state index in [1.165, 1.54) is 5.56 Å². The Balaban J connectivity index is 1.92.